The van der Waals surface area contributed by atoms with Crippen molar-refractivity contribution in [2.45, 2.75) is 11.3 Å². The SMILES string of the molecule is O=C(COC(=O)CCSc1ccccc1)NCCOc1ccccc1. The van der Waals surface area contributed by atoms with Crippen molar-refractivity contribution >= 4 is 23.6 Å². The van der Waals surface area contributed by atoms with Crippen LogP contribution in [-0.2, 0) is 14.3 Å². The second kappa shape index (κ2) is 11.1. The van der Waals surface area contributed by atoms with E-state index in [1.165, 1.54) is 0 Å². The highest BCUT2D eigenvalue weighted by atomic mass is 32.2. The lowest BCUT2D eigenvalue weighted by Crippen LogP contribution is -2.32. The molecule has 0 saturated heterocycles. The fourth-order valence-electron chi connectivity index (χ4n) is 1.91. The lowest BCUT2D eigenvalue weighted by molar-refractivity contribution is -0.148. The zero-order chi connectivity index (χ0) is 17.7. The molecular formula is C19H21NO4S. The summed E-state index contributed by atoms with van der Waals surface area (Å²) in [6.07, 6.45) is 0.268. The number of rotatable bonds is 10. The van der Waals surface area contributed by atoms with Gasteiger partial charge in [-0.2, -0.15) is 0 Å². The van der Waals surface area contributed by atoms with E-state index in [9.17, 15) is 9.59 Å². The van der Waals surface area contributed by atoms with Crippen molar-refractivity contribution in [3.63, 3.8) is 0 Å². The van der Waals surface area contributed by atoms with E-state index in [4.69, 9.17) is 9.47 Å². The molecule has 6 heteroatoms. The summed E-state index contributed by atoms with van der Waals surface area (Å²) in [5, 5.41) is 2.64. The lowest BCUT2D eigenvalue weighted by atomic mass is 10.3. The Kier molecular flexibility index (Phi) is 8.41. The monoisotopic (exact) mass is 359 g/mol. The van der Waals surface area contributed by atoms with E-state index >= 15 is 0 Å². The minimum atomic E-state index is -0.376. The zero-order valence-electron chi connectivity index (χ0n) is 13.9. The molecule has 0 spiro atoms. The standard InChI is InChI=1S/C19H21NO4S/c21-18(20-12-13-23-16-7-3-1-4-8-16)15-24-19(22)11-14-25-17-9-5-2-6-10-17/h1-10H,11-15H2,(H,20,21). The Morgan fingerprint density at radius 1 is 0.960 bits per heavy atom. The average molecular weight is 359 g/mol. The van der Waals surface area contributed by atoms with Crippen molar-refractivity contribution in [3.8, 4) is 5.75 Å². The van der Waals surface area contributed by atoms with Crippen LogP contribution in [0.25, 0.3) is 0 Å². The van der Waals surface area contributed by atoms with Crippen LogP contribution in [0.5, 0.6) is 5.75 Å². The summed E-state index contributed by atoms with van der Waals surface area (Å²) in [6.45, 7) is 0.451. The lowest BCUT2D eigenvalue weighted by Gasteiger charge is -2.08. The summed E-state index contributed by atoms with van der Waals surface area (Å²) in [5.74, 6) is 0.661. The third kappa shape index (κ3) is 8.26. The third-order valence-corrected chi connectivity index (χ3v) is 4.13. The second-order valence-corrected chi connectivity index (χ2v) is 6.25. The number of ether oxygens (including phenoxy) is 2. The number of hydrogen-bond donors (Lipinski definition) is 1. The molecule has 25 heavy (non-hydrogen) atoms. The maximum absolute atomic E-state index is 11.6. The van der Waals surface area contributed by atoms with Gasteiger partial charge in [0.1, 0.15) is 12.4 Å². The van der Waals surface area contributed by atoms with Gasteiger partial charge in [-0.25, -0.2) is 0 Å². The molecule has 2 aromatic rings. The van der Waals surface area contributed by atoms with Gasteiger partial charge in [0.2, 0.25) is 0 Å². The van der Waals surface area contributed by atoms with Gasteiger partial charge < -0.3 is 14.8 Å². The third-order valence-electron chi connectivity index (χ3n) is 3.12. The van der Waals surface area contributed by atoms with E-state index in [1.54, 1.807) is 11.8 Å². The Labute approximate surface area is 151 Å². The molecule has 1 N–H and O–H groups in total. The first kappa shape index (κ1) is 18.9. The van der Waals surface area contributed by atoms with Crippen molar-refractivity contribution in [3.05, 3.63) is 60.7 Å². The van der Waals surface area contributed by atoms with Crippen LogP contribution in [0.4, 0.5) is 0 Å². The fraction of sp³-hybridized carbons (Fsp3) is 0.263. The van der Waals surface area contributed by atoms with E-state index in [0.717, 1.165) is 10.6 Å². The molecule has 0 aliphatic rings. The van der Waals surface area contributed by atoms with Gasteiger partial charge >= 0.3 is 5.97 Å². The van der Waals surface area contributed by atoms with Crippen molar-refractivity contribution in [2.75, 3.05) is 25.5 Å². The van der Waals surface area contributed by atoms with Gasteiger partial charge in [0.25, 0.3) is 5.91 Å². The summed E-state index contributed by atoms with van der Waals surface area (Å²) in [6, 6.07) is 19.2. The molecule has 132 valence electrons. The van der Waals surface area contributed by atoms with Crippen molar-refractivity contribution in [1.82, 2.24) is 5.32 Å². The Bertz CT molecular complexity index is 649. The van der Waals surface area contributed by atoms with Crippen LogP contribution in [0.1, 0.15) is 6.42 Å². The smallest absolute Gasteiger partial charge is 0.307 e. The topological polar surface area (TPSA) is 64.6 Å². The number of hydrogen-bond acceptors (Lipinski definition) is 5. The molecule has 5 nitrogen and oxygen atoms in total. The average Bonchev–Trinajstić information content (AvgIpc) is 2.65. The largest absolute Gasteiger partial charge is 0.492 e. The Hall–Kier alpha value is -2.47. The van der Waals surface area contributed by atoms with Gasteiger partial charge in [0, 0.05) is 10.6 Å². The molecule has 0 radical (unpaired) electrons. The molecule has 0 saturated carbocycles. The maximum atomic E-state index is 11.6. The van der Waals surface area contributed by atoms with Crippen LogP contribution in [0.2, 0.25) is 0 Å². The predicted octanol–water partition coefficient (Wildman–Crippen LogP) is 2.91. The van der Waals surface area contributed by atoms with E-state index in [1.807, 2.05) is 60.7 Å². The number of carbonyl (C=O) groups excluding carboxylic acids is 2. The van der Waals surface area contributed by atoms with Gasteiger partial charge in [0.05, 0.1) is 13.0 Å². The molecule has 0 unspecified atom stereocenters. The van der Waals surface area contributed by atoms with E-state index < -0.39 is 0 Å². The quantitative estimate of drug-likeness (QED) is 0.401. The maximum Gasteiger partial charge on any atom is 0.307 e. The molecule has 0 bridgehead atoms. The first-order chi connectivity index (χ1) is 12.2. The first-order valence-corrected chi connectivity index (χ1v) is 9.00. The van der Waals surface area contributed by atoms with Gasteiger partial charge in [-0.3, -0.25) is 9.59 Å². The molecule has 1 amide bonds. The van der Waals surface area contributed by atoms with Crippen LogP contribution in [-0.4, -0.2) is 37.4 Å². The van der Waals surface area contributed by atoms with Gasteiger partial charge in [-0.1, -0.05) is 36.4 Å². The summed E-state index contributed by atoms with van der Waals surface area (Å²) in [5.41, 5.74) is 0. The van der Waals surface area contributed by atoms with Crippen molar-refractivity contribution in [1.29, 1.82) is 0 Å². The van der Waals surface area contributed by atoms with E-state index in [-0.39, 0.29) is 24.9 Å². The van der Waals surface area contributed by atoms with Gasteiger partial charge in [0.15, 0.2) is 6.61 Å². The molecule has 0 aliphatic carbocycles. The molecule has 2 rings (SSSR count). The van der Waals surface area contributed by atoms with Crippen LogP contribution in [0.3, 0.4) is 0 Å². The van der Waals surface area contributed by atoms with E-state index in [0.29, 0.717) is 18.9 Å². The zero-order valence-corrected chi connectivity index (χ0v) is 14.7. The Morgan fingerprint density at radius 3 is 2.36 bits per heavy atom. The molecule has 0 aromatic heterocycles. The van der Waals surface area contributed by atoms with Crippen LogP contribution in [0, 0.1) is 0 Å². The Balaban J connectivity index is 1.50. The number of benzene rings is 2. The van der Waals surface area contributed by atoms with Crippen LogP contribution < -0.4 is 10.1 Å². The normalized spacial score (nSPS) is 10.1. The molecule has 0 heterocycles. The van der Waals surface area contributed by atoms with Crippen LogP contribution in [0.15, 0.2) is 65.6 Å². The molecule has 0 atom stereocenters. The second-order valence-electron chi connectivity index (χ2n) is 5.08. The highest BCUT2D eigenvalue weighted by Crippen LogP contribution is 2.17. The summed E-state index contributed by atoms with van der Waals surface area (Å²) < 4.78 is 10.4. The number of amides is 1. The highest BCUT2D eigenvalue weighted by Gasteiger charge is 2.07. The Morgan fingerprint density at radius 2 is 1.64 bits per heavy atom. The highest BCUT2D eigenvalue weighted by molar-refractivity contribution is 7.99. The fourth-order valence-corrected chi connectivity index (χ4v) is 2.77. The van der Waals surface area contributed by atoms with Gasteiger partial charge in [-0.15, -0.1) is 11.8 Å². The molecule has 0 aliphatic heterocycles. The number of esters is 1. The van der Waals surface area contributed by atoms with E-state index in [2.05, 4.69) is 5.32 Å². The molecular weight excluding hydrogens is 338 g/mol. The summed E-state index contributed by atoms with van der Waals surface area (Å²) in [7, 11) is 0. The van der Waals surface area contributed by atoms with Crippen LogP contribution >= 0.6 is 11.8 Å². The minimum Gasteiger partial charge on any atom is -0.492 e. The number of thioether (sulfide) groups is 1. The number of carbonyl (C=O) groups is 2. The first-order valence-electron chi connectivity index (χ1n) is 8.02. The molecule has 0 fully saturated rings. The summed E-state index contributed by atoms with van der Waals surface area (Å²) >= 11 is 1.58. The predicted molar refractivity (Wildman–Crippen MR) is 97.7 cm³/mol. The minimum absolute atomic E-state index is 0.264. The van der Waals surface area contributed by atoms with Crippen molar-refractivity contribution in [2.24, 2.45) is 0 Å². The van der Waals surface area contributed by atoms with Gasteiger partial charge in [-0.05, 0) is 24.3 Å². The summed E-state index contributed by atoms with van der Waals surface area (Å²) in [4.78, 5) is 24.3. The van der Waals surface area contributed by atoms with Crippen molar-refractivity contribution < 1.29 is 19.1 Å². The number of para-hydroxylation sites is 1. The molecule has 2 aromatic carbocycles. The number of nitrogens with one attached hydrogen (secondary N) is 1.